The molecule has 0 aliphatic carbocycles. The van der Waals surface area contributed by atoms with Crippen molar-refractivity contribution in [2.45, 2.75) is 48.3 Å². The second-order valence-corrected chi connectivity index (χ2v) is 7.63. The maximum atomic E-state index is 2.43. The van der Waals surface area contributed by atoms with E-state index in [4.69, 9.17) is 0 Å². The van der Waals surface area contributed by atoms with Crippen molar-refractivity contribution in [3.63, 3.8) is 0 Å². The number of aromatic nitrogens is 2. The maximum Gasteiger partial charge on any atom is 0.170 e. The van der Waals surface area contributed by atoms with Crippen LogP contribution in [0.1, 0.15) is 37.8 Å². The normalized spacial score (nSPS) is 29.0. The number of rotatable bonds is 2. The van der Waals surface area contributed by atoms with Gasteiger partial charge in [0.15, 0.2) is 36.9 Å². The van der Waals surface area contributed by atoms with Gasteiger partial charge in [-0.05, 0) is 12.8 Å². The quantitative estimate of drug-likeness (QED) is 0.516. The summed E-state index contributed by atoms with van der Waals surface area (Å²) in [6.45, 7) is 0. The molecule has 2 aromatic heterocycles. The Morgan fingerprint density at radius 1 is 0.565 bits per heavy atom. The number of hydrogen-bond acceptors (Lipinski definition) is 1. The number of fused-ring (bicyclic) bond motifs is 2. The van der Waals surface area contributed by atoms with Crippen LogP contribution in [0.5, 0.6) is 0 Å². The Hall–Kier alpha value is -0.770. The van der Waals surface area contributed by atoms with Gasteiger partial charge >= 0.3 is 0 Å². The van der Waals surface area contributed by atoms with Crippen molar-refractivity contribution >= 4 is 11.8 Å². The van der Waals surface area contributed by atoms with Gasteiger partial charge in [0.25, 0.3) is 0 Å². The third kappa shape index (κ3) is 3.84. The van der Waals surface area contributed by atoms with Crippen LogP contribution < -0.4 is 33.9 Å². The van der Waals surface area contributed by atoms with Gasteiger partial charge < -0.3 is 24.8 Å². The predicted octanol–water partition coefficient (Wildman–Crippen LogP) is -2.89. The molecule has 2 aromatic rings. The van der Waals surface area contributed by atoms with Crippen molar-refractivity contribution < 1.29 is 33.9 Å². The van der Waals surface area contributed by atoms with Crippen molar-refractivity contribution in [2.75, 3.05) is 0 Å². The van der Waals surface area contributed by atoms with Crippen LogP contribution in [-0.4, -0.2) is 10.5 Å². The first kappa shape index (κ1) is 18.6. The van der Waals surface area contributed by atoms with E-state index in [0.29, 0.717) is 12.1 Å². The predicted molar refractivity (Wildman–Crippen MR) is 85.0 cm³/mol. The maximum absolute atomic E-state index is 2.43. The molecule has 0 amide bonds. The number of thioether (sulfide) groups is 1. The fraction of sp³-hybridized carbons (Fsp3) is 0.444. The molecule has 2 bridgehead atoms. The van der Waals surface area contributed by atoms with E-state index < -0.39 is 0 Å². The third-order valence-electron chi connectivity index (χ3n) is 4.94. The summed E-state index contributed by atoms with van der Waals surface area (Å²) < 4.78 is 4.87. The molecule has 4 atom stereocenters. The zero-order chi connectivity index (χ0) is 14.1. The smallest absolute Gasteiger partial charge is 0.170 e. The Morgan fingerprint density at radius 3 is 1.35 bits per heavy atom. The van der Waals surface area contributed by atoms with Crippen LogP contribution in [0.4, 0.5) is 0 Å². The van der Waals surface area contributed by atoms with E-state index in [1.165, 1.54) is 25.7 Å². The molecule has 2 nitrogen and oxygen atoms in total. The molecule has 0 aromatic carbocycles. The minimum Gasteiger partial charge on any atom is -1.00 e. The molecule has 0 unspecified atom stereocenters. The molecule has 5 heteroatoms. The van der Waals surface area contributed by atoms with Crippen molar-refractivity contribution in [3.05, 3.63) is 61.2 Å². The van der Waals surface area contributed by atoms with Gasteiger partial charge in [0.2, 0.25) is 0 Å². The molecule has 0 spiro atoms. The Labute approximate surface area is 155 Å². The minimum atomic E-state index is 0. The van der Waals surface area contributed by atoms with Gasteiger partial charge in [-0.15, -0.1) is 11.8 Å². The molecular formula is C18H22Cl2N2S. The zero-order valence-corrected chi connectivity index (χ0v) is 15.3. The first-order valence-electron chi connectivity index (χ1n) is 7.99. The summed E-state index contributed by atoms with van der Waals surface area (Å²) in [6, 6.07) is 14.2. The summed E-state index contributed by atoms with van der Waals surface area (Å²) in [7, 11) is 0. The molecule has 4 rings (SSSR count). The molecule has 2 aliphatic heterocycles. The fourth-order valence-corrected chi connectivity index (χ4v) is 5.83. The lowest BCUT2D eigenvalue weighted by Crippen LogP contribution is -3.00. The van der Waals surface area contributed by atoms with Crippen LogP contribution >= 0.6 is 11.8 Å². The van der Waals surface area contributed by atoms with Crippen molar-refractivity contribution in [2.24, 2.45) is 0 Å². The van der Waals surface area contributed by atoms with Gasteiger partial charge in [-0.2, -0.15) is 0 Å². The summed E-state index contributed by atoms with van der Waals surface area (Å²) in [6.07, 6.45) is 14.3. The lowest BCUT2D eigenvalue weighted by molar-refractivity contribution is -0.733. The van der Waals surface area contributed by atoms with E-state index in [1.54, 1.807) is 0 Å². The zero-order valence-electron chi connectivity index (χ0n) is 13.0. The van der Waals surface area contributed by atoms with Crippen LogP contribution in [0.2, 0.25) is 0 Å². The first-order chi connectivity index (χ1) is 10.4. The minimum absolute atomic E-state index is 0. The third-order valence-corrected chi connectivity index (χ3v) is 6.74. The van der Waals surface area contributed by atoms with E-state index in [1.807, 2.05) is 0 Å². The Bertz CT molecular complexity index is 543. The highest BCUT2D eigenvalue weighted by Crippen LogP contribution is 2.47. The molecule has 124 valence electrons. The van der Waals surface area contributed by atoms with Crippen LogP contribution in [-0.2, 0) is 0 Å². The average molecular weight is 369 g/mol. The van der Waals surface area contributed by atoms with Crippen LogP contribution in [0, 0.1) is 0 Å². The first-order valence-corrected chi connectivity index (χ1v) is 8.93. The Kier molecular flexibility index (Phi) is 6.75. The van der Waals surface area contributed by atoms with Gasteiger partial charge in [0.1, 0.15) is 0 Å². The van der Waals surface area contributed by atoms with Gasteiger partial charge in [-0.1, -0.05) is 12.1 Å². The van der Waals surface area contributed by atoms with Gasteiger partial charge in [0, 0.05) is 37.1 Å². The van der Waals surface area contributed by atoms with Crippen molar-refractivity contribution in [3.8, 4) is 0 Å². The van der Waals surface area contributed by atoms with Gasteiger partial charge in [0.05, 0.1) is 10.5 Å². The summed E-state index contributed by atoms with van der Waals surface area (Å²) in [5, 5.41) is 1.58. The molecule has 4 heterocycles. The number of nitrogens with zero attached hydrogens (tertiary/aromatic N) is 2. The Morgan fingerprint density at radius 2 is 0.957 bits per heavy atom. The van der Waals surface area contributed by atoms with E-state index in [0.717, 1.165) is 10.5 Å². The van der Waals surface area contributed by atoms with Crippen LogP contribution in [0.25, 0.3) is 0 Å². The van der Waals surface area contributed by atoms with E-state index in [2.05, 4.69) is 82.1 Å². The summed E-state index contributed by atoms with van der Waals surface area (Å²) in [4.78, 5) is 0. The lowest BCUT2D eigenvalue weighted by Gasteiger charge is -2.38. The second kappa shape index (κ2) is 8.36. The fourth-order valence-electron chi connectivity index (χ4n) is 3.92. The van der Waals surface area contributed by atoms with Crippen LogP contribution in [0.15, 0.2) is 61.2 Å². The highest BCUT2D eigenvalue weighted by atomic mass is 35.5. The van der Waals surface area contributed by atoms with Gasteiger partial charge in [-0.3, -0.25) is 0 Å². The number of halogens is 2. The number of hydrogen-bond donors (Lipinski definition) is 0. The summed E-state index contributed by atoms with van der Waals surface area (Å²) in [5.74, 6) is 0. The standard InChI is InChI=1S/C18H22N2S.2ClH/c1-3-11-19(12-4-1)15-7-9-18-16(8-10-17(15)21-18)20-13-5-2-6-14-20;;/h1-6,11-18H,7-10H2;2*1H/q+2;;/p-2/t15-,16-,17-,18-;;/m1../s1. The SMILES string of the molecule is [Cl-].[Cl-].c1cc[n+]([C@@H]2CC[C@H]3S[C@@H]2CC[C@H]3[n+]2ccccc2)cc1. The molecule has 0 N–H and O–H groups in total. The highest BCUT2D eigenvalue weighted by Gasteiger charge is 2.46. The average Bonchev–Trinajstić information content (AvgIpc) is 2.57. The van der Waals surface area contributed by atoms with E-state index >= 15 is 0 Å². The topological polar surface area (TPSA) is 7.76 Å². The van der Waals surface area contributed by atoms with E-state index in [9.17, 15) is 0 Å². The lowest BCUT2D eigenvalue weighted by atomic mass is 9.91. The molecule has 0 saturated carbocycles. The second-order valence-electron chi connectivity index (χ2n) is 6.15. The molecule has 2 saturated heterocycles. The monoisotopic (exact) mass is 368 g/mol. The molecule has 23 heavy (non-hydrogen) atoms. The summed E-state index contributed by atoms with van der Waals surface area (Å²) in [5.41, 5.74) is 0. The molecule has 2 aliphatic rings. The highest BCUT2D eigenvalue weighted by molar-refractivity contribution is 8.00. The van der Waals surface area contributed by atoms with Crippen LogP contribution in [0.3, 0.4) is 0 Å². The summed E-state index contributed by atoms with van der Waals surface area (Å²) >= 11 is 2.24. The molecular weight excluding hydrogens is 347 g/mol. The van der Waals surface area contributed by atoms with Crippen molar-refractivity contribution in [1.82, 2.24) is 0 Å². The largest absolute Gasteiger partial charge is 1.00 e. The van der Waals surface area contributed by atoms with Gasteiger partial charge in [-0.25, -0.2) is 9.13 Å². The Balaban J connectivity index is 0.000000960. The van der Waals surface area contributed by atoms with E-state index in [-0.39, 0.29) is 24.8 Å². The number of pyridine rings is 2. The molecule has 2 fully saturated rings. The molecule has 0 radical (unpaired) electrons. The van der Waals surface area contributed by atoms with Crippen molar-refractivity contribution in [1.29, 1.82) is 0 Å².